The molecule has 21 heavy (non-hydrogen) atoms. The standard InChI is InChI=1S/C14H17ClN4O2/c1-9(2)21-13-4-3-11(6-12(13)15)19-8-10(5-14(19)20)7-17-18-16/h3-4,6,9-10H,5,7-8H2,1-2H3. The minimum absolute atomic E-state index is 0.0155. The van der Waals surface area contributed by atoms with Gasteiger partial charge in [-0.05, 0) is 43.5 Å². The van der Waals surface area contributed by atoms with E-state index in [0.717, 1.165) is 5.69 Å². The Labute approximate surface area is 128 Å². The number of benzene rings is 1. The number of halogens is 1. The van der Waals surface area contributed by atoms with Gasteiger partial charge in [0.25, 0.3) is 0 Å². The third-order valence-electron chi connectivity index (χ3n) is 3.20. The van der Waals surface area contributed by atoms with Crippen LogP contribution in [0.15, 0.2) is 23.3 Å². The zero-order valence-corrected chi connectivity index (χ0v) is 12.7. The molecule has 0 aromatic heterocycles. The van der Waals surface area contributed by atoms with Crippen LogP contribution in [0.2, 0.25) is 5.02 Å². The first-order valence-electron chi connectivity index (χ1n) is 6.78. The zero-order valence-electron chi connectivity index (χ0n) is 12.0. The number of rotatable bonds is 5. The molecule has 0 spiro atoms. The minimum atomic E-state index is 0.0155. The molecule has 0 aliphatic carbocycles. The van der Waals surface area contributed by atoms with Gasteiger partial charge in [0.1, 0.15) is 5.75 Å². The number of carbonyl (C=O) groups is 1. The van der Waals surface area contributed by atoms with E-state index in [-0.39, 0.29) is 17.9 Å². The first kappa shape index (κ1) is 15.5. The molecule has 1 heterocycles. The second-order valence-electron chi connectivity index (χ2n) is 5.27. The van der Waals surface area contributed by atoms with E-state index in [1.54, 1.807) is 17.0 Å². The molecule has 7 heteroatoms. The molecule has 0 saturated carbocycles. The van der Waals surface area contributed by atoms with E-state index < -0.39 is 0 Å². The van der Waals surface area contributed by atoms with Crippen LogP contribution < -0.4 is 9.64 Å². The fraction of sp³-hybridized carbons (Fsp3) is 0.500. The fourth-order valence-corrected chi connectivity index (χ4v) is 2.53. The number of carbonyl (C=O) groups excluding carboxylic acids is 1. The van der Waals surface area contributed by atoms with Gasteiger partial charge < -0.3 is 9.64 Å². The average molecular weight is 309 g/mol. The molecular formula is C14H17ClN4O2. The summed E-state index contributed by atoms with van der Waals surface area (Å²) in [6, 6.07) is 5.32. The molecule has 1 aromatic carbocycles. The third-order valence-corrected chi connectivity index (χ3v) is 3.49. The van der Waals surface area contributed by atoms with Crippen LogP contribution in [0.1, 0.15) is 20.3 Å². The maximum Gasteiger partial charge on any atom is 0.227 e. The Morgan fingerprint density at radius 1 is 1.57 bits per heavy atom. The topological polar surface area (TPSA) is 78.3 Å². The summed E-state index contributed by atoms with van der Waals surface area (Å²) in [7, 11) is 0. The van der Waals surface area contributed by atoms with Crippen LogP contribution in [0.3, 0.4) is 0 Å². The number of anilines is 1. The molecule has 2 rings (SSSR count). The van der Waals surface area contributed by atoms with Crippen molar-refractivity contribution in [2.45, 2.75) is 26.4 Å². The highest BCUT2D eigenvalue weighted by molar-refractivity contribution is 6.32. The van der Waals surface area contributed by atoms with Gasteiger partial charge in [-0.1, -0.05) is 16.7 Å². The number of ether oxygens (including phenoxy) is 1. The Hall–Kier alpha value is -1.91. The predicted molar refractivity (Wildman–Crippen MR) is 81.7 cm³/mol. The van der Waals surface area contributed by atoms with Crippen molar-refractivity contribution >= 4 is 23.2 Å². The van der Waals surface area contributed by atoms with Crippen LogP contribution in [0.5, 0.6) is 5.75 Å². The summed E-state index contributed by atoms with van der Waals surface area (Å²) in [4.78, 5) is 16.4. The minimum Gasteiger partial charge on any atom is -0.489 e. The van der Waals surface area contributed by atoms with Gasteiger partial charge >= 0.3 is 0 Å². The van der Waals surface area contributed by atoms with Crippen LogP contribution in [0, 0.1) is 5.92 Å². The highest BCUT2D eigenvalue weighted by atomic mass is 35.5. The normalized spacial score (nSPS) is 18.0. The molecule has 112 valence electrons. The summed E-state index contributed by atoms with van der Waals surface area (Å²) in [5, 5.41) is 4.02. The van der Waals surface area contributed by atoms with Crippen LogP contribution in [0.4, 0.5) is 5.69 Å². The molecule has 0 N–H and O–H groups in total. The number of nitrogens with zero attached hydrogens (tertiary/aromatic N) is 4. The molecule has 1 saturated heterocycles. The molecule has 1 aromatic rings. The molecule has 1 aliphatic rings. The summed E-state index contributed by atoms with van der Waals surface area (Å²) >= 11 is 6.19. The first-order chi connectivity index (χ1) is 10.0. The average Bonchev–Trinajstić information content (AvgIpc) is 2.79. The molecular weight excluding hydrogens is 292 g/mol. The third kappa shape index (κ3) is 3.80. The van der Waals surface area contributed by atoms with Crippen molar-refractivity contribution < 1.29 is 9.53 Å². The number of hydrogen-bond acceptors (Lipinski definition) is 3. The van der Waals surface area contributed by atoms with E-state index >= 15 is 0 Å². The van der Waals surface area contributed by atoms with Gasteiger partial charge in [-0.3, -0.25) is 4.79 Å². The van der Waals surface area contributed by atoms with Crippen molar-refractivity contribution in [3.8, 4) is 5.75 Å². The quantitative estimate of drug-likeness (QED) is 0.471. The van der Waals surface area contributed by atoms with E-state index in [1.807, 2.05) is 19.9 Å². The highest BCUT2D eigenvalue weighted by Crippen LogP contribution is 2.33. The van der Waals surface area contributed by atoms with E-state index in [2.05, 4.69) is 10.0 Å². The van der Waals surface area contributed by atoms with Gasteiger partial charge in [0.2, 0.25) is 5.91 Å². The highest BCUT2D eigenvalue weighted by Gasteiger charge is 2.30. The summed E-state index contributed by atoms with van der Waals surface area (Å²) in [5.74, 6) is 0.674. The molecule has 6 nitrogen and oxygen atoms in total. The van der Waals surface area contributed by atoms with Crippen molar-refractivity contribution in [3.63, 3.8) is 0 Å². The van der Waals surface area contributed by atoms with E-state index in [9.17, 15) is 4.79 Å². The van der Waals surface area contributed by atoms with E-state index in [0.29, 0.717) is 30.3 Å². The van der Waals surface area contributed by atoms with Crippen molar-refractivity contribution in [2.24, 2.45) is 11.0 Å². The summed E-state index contributed by atoms with van der Waals surface area (Å²) in [5.41, 5.74) is 9.08. The summed E-state index contributed by atoms with van der Waals surface area (Å²) < 4.78 is 5.57. The number of amides is 1. The second kappa shape index (κ2) is 6.70. The second-order valence-corrected chi connectivity index (χ2v) is 5.68. The van der Waals surface area contributed by atoms with Gasteiger partial charge in [0, 0.05) is 30.1 Å². The lowest BCUT2D eigenvalue weighted by molar-refractivity contribution is -0.117. The molecule has 0 bridgehead atoms. The van der Waals surface area contributed by atoms with Crippen LogP contribution >= 0.6 is 11.6 Å². The number of hydrogen-bond donors (Lipinski definition) is 0. The van der Waals surface area contributed by atoms with Gasteiger partial charge in [-0.2, -0.15) is 0 Å². The van der Waals surface area contributed by atoms with Crippen LogP contribution in [0.25, 0.3) is 10.4 Å². The largest absolute Gasteiger partial charge is 0.489 e. The summed E-state index contributed by atoms with van der Waals surface area (Å²) in [6.45, 7) is 4.72. The molecule has 1 aliphatic heterocycles. The van der Waals surface area contributed by atoms with E-state index in [4.69, 9.17) is 21.9 Å². The van der Waals surface area contributed by atoms with Gasteiger partial charge in [-0.15, -0.1) is 0 Å². The Bertz CT molecular complexity index is 584. The lowest BCUT2D eigenvalue weighted by atomic mass is 10.1. The predicted octanol–water partition coefficient (Wildman–Crippen LogP) is 3.79. The Morgan fingerprint density at radius 2 is 2.33 bits per heavy atom. The Balaban J connectivity index is 2.13. The molecule has 1 unspecified atom stereocenters. The lowest BCUT2D eigenvalue weighted by Gasteiger charge is -2.18. The van der Waals surface area contributed by atoms with Crippen LogP contribution in [-0.4, -0.2) is 25.1 Å². The smallest absolute Gasteiger partial charge is 0.227 e. The lowest BCUT2D eigenvalue weighted by Crippen LogP contribution is -2.24. The monoisotopic (exact) mass is 308 g/mol. The van der Waals surface area contributed by atoms with Gasteiger partial charge in [0.05, 0.1) is 11.1 Å². The van der Waals surface area contributed by atoms with Crippen LogP contribution in [-0.2, 0) is 4.79 Å². The molecule has 1 atom stereocenters. The maximum atomic E-state index is 12.0. The molecule has 1 fully saturated rings. The summed E-state index contributed by atoms with van der Waals surface area (Å²) in [6.07, 6.45) is 0.427. The van der Waals surface area contributed by atoms with Gasteiger partial charge in [0.15, 0.2) is 0 Å². The zero-order chi connectivity index (χ0) is 15.4. The van der Waals surface area contributed by atoms with Crippen molar-refractivity contribution in [3.05, 3.63) is 33.7 Å². The first-order valence-corrected chi connectivity index (χ1v) is 7.16. The maximum absolute atomic E-state index is 12.0. The fourth-order valence-electron chi connectivity index (χ4n) is 2.31. The van der Waals surface area contributed by atoms with Crippen molar-refractivity contribution in [1.82, 2.24) is 0 Å². The Morgan fingerprint density at radius 3 is 2.95 bits per heavy atom. The number of azide groups is 1. The van der Waals surface area contributed by atoms with E-state index in [1.165, 1.54) is 0 Å². The SMILES string of the molecule is CC(C)Oc1ccc(N2CC(CN=[N+]=[N-])CC2=O)cc1Cl. The van der Waals surface area contributed by atoms with Gasteiger partial charge in [-0.25, -0.2) is 0 Å². The van der Waals surface area contributed by atoms with Crippen molar-refractivity contribution in [2.75, 3.05) is 18.0 Å². The molecule has 0 radical (unpaired) electrons. The molecule has 1 amide bonds. The van der Waals surface area contributed by atoms with Crippen molar-refractivity contribution in [1.29, 1.82) is 0 Å². The Kier molecular flexibility index (Phi) is 4.94.